The van der Waals surface area contributed by atoms with Gasteiger partial charge in [0, 0.05) is 30.1 Å². The van der Waals surface area contributed by atoms with Crippen LogP contribution < -0.4 is 5.32 Å². The van der Waals surface area contributed by atoms with E-state index in [4.69, 9.17) is 0 Å². The summed E-state index contributed by atoms with van der Waals surface area (Å²) in [5.41, 5.74) is 2.82. The highest BCUT2D eigenvalue weighted by Gasteiger charge is 2.23. The number of rotatable bonds is 4. The van der Waals surface area contributed by atoms with E-state index in [-0.39, 0.29) is 0 Å². The minimum absolute atomic E-state index is 0.447. The van der Waals surface area contributed by atoms with Crippen LogP contribution in [-0.4, -0.2) is 35.5 Å². The second kappa shape index (κ2) is 6.78. The SMILES string of the molecule is CNCc1cccc(CN2CCSC(C)(C)CC2)c1. The third kappa shape index (κ3) is 4.83. The molecule has 0 spiro atoms. The fraction of sp³-hybridized carbons (Fsp3) is 0.625. The van der Waals surface area contributed by atoms with Crippen molar-refractivity contribution in [3.63, 3.8) is 0 Å². The fourth-order valence-corrected chi connectivity index (χ4v) is 3.66. The molecule has 1 N–H and O–H groups in total. The summed E-state index contributed by atoms with van der Waals surface area (Å²) < 4.78 is 0.447. The van der Waals surface area contributed by atoms with Crippen LogP contribution in [-0.2, 0) is 13.1 Å². The maximum absolute atomic E-state index is 3.22. The average Bonchev–Trinajstić information content (AvgIpc) is 2.52. The molecule has 0 radical (unpaired) electrons. The lowest BCUT2D eigenvalue weighted by atomic mass is 10.1. The van der Waals surface area contributed by atoms with Gasteiger partial charge in [0.25, 0.3) is 0 Å². The number of hydrogen-bond donors (Lipinski definition) is 1. The largest absolute Gasteiger partial charge is 0.316 e. The molecule has 2 nitrogen and oxygen atoms in total. The quantitative estimate of drug-likeness (QED) is 0.911. The molecule has 1 fully saturated rings. The van der Waals surface area contributed by atoms with Crippen LogP contribution in [0.3, 0.4) is 0 Å². The van der Waals surface area contributed by atoms with E-state index in [1.54, 1.807) is 0 Å². The summed E-state index contributed by atoms with van der Waals surface area (Å²) in [6, 6.07) is 8.96. The number of hydrogen-bond acceptors (Lipinski definition) is 3. The average molecular weight is 278 g/mol. The van der Waals surface area contributed by atoms with Gasteiger partial charge in [0.15, 0.2) is 0 Å². The Morgan fingerprint density at radius 3 is 2.84 bits per heavy atom. The highest BCUT2D eigenvalue weighted by Crippen LogP contribution is 2.31. The van der Waals surface area contributed by atoms with Gasteiger partial charge in [0.1, 0.15) is 0 Å². The van der Waals surface area contributed by atoms with Gasteiger partial charge in [-0.3, -0.25) is 4.90 Å². The molecule has 1 heterocycles. The van der Waals surface area contributed by atoms with Gasteiger partial charge in [-0.15, -0.1) is 0 Å². The molecule has 1 saturated heterocycles. The van der Waals surface area contributed by atoms with E-state index >= 15 is 0 Å². The Labute approximate surface area is 122 Å². The van der Waals surface area contributed by atoms with Gasteiger partial charge < -0.3 is 5.32 Å². The molecule has 1 aromatic carbocycles. The van der Waals surface area contributed by atoms with Crippen LogP contribution in [0.25, 0.3) is 0 Å². The van der Waals surface area contributed by atoms with Crippen molar-refractivity contribution in [1.82, 2.24) is 10.2 Å². The molecule has 106 valence electrons. The summed E-state index contributed by atoms with van der Waals surface area (Å²) in [4.78, 5) is 2.60. The van der Waals surface area contributed by atoms with E-state index < -0.39 is 0 Å². The molecular formula is C16H26N2S. The number of nitrogens with zero attached hydrogens (tertiary/aromatic N) is 1. The van der Waals surface area contributed by atoms with E-state index in [0.717, 1.165) is 13.1 Å². The molecule has 0 aromatic heterocycles. The van der Waals surface area contributed by atoms with Crippen molar-refractivity contribution in [1.29, 1.82) is 0 Å². The van der Waals surface area contributed by atoms with Gasteiger partial charge >= 0.3 is 0 Å². The molecule has 0 saturated carbocycles. The smallest absolute Gasteiger partial charge is 0.0234 e. The second-order valence-corrected chi connectivity index (χ2v) is 7.79. The minimum Gasteiger partial charge on any atom is -0.316 e. The predicted octanol–water partition coefficient (Wildman–Crippen LogP) is 3.12. The molecule has 0 bridgehead atoms. The summed E-state index contributed by atoms with van der Waals surface area (Å²) in [7, 11) is 2.00. The Morgan fingerprint density at radius 2 is 2.05 bits per heavy atom. The first kappa shape index (κ1) is 14.9. The Morgan fingerprint density at radius 1 is 1.26 bits per heavy atom. The highest BCUT2D eigenvalue weighted by atomic mass is 32.2. The molecule has 0 atom stereocenters. The number of benzene rings is 1. The van der Waals surface area contributed by atoms with Crippen LogP contribution in [0.15, 0.2) is 24.3 Å². The van der Waals surface area contributed by atoms with Crippen molar-refractivity contribution < 1.29 is 0 Å². The van der Waals surface area contributed by atoms with Crippen molar-refractivity contribution in [2.75, 3.05) is 25.9 Å². The monoisotopic (exact) mass is 278 g/mol. The van der Waals surface area contributed by atoms with Crippen LogP contribution in [0.1, 0.15) is 31.4 Å². The first-order valence-electron chi connectivity index (χ1n) is 7.18. The Hall–Kier alpha value is -0.510. The molecule has 3 heteroatoms. The van der Waals surface area contributed by atoms with Gasteiger partial charge in [0.05, 0.1) is 0 Å². The summed E-state index contributed by atoms with van der Waals surface area (Å²) in [5.74, 6) is 1.25. The fourth-order valence-electron chi connectivity index (χ4n) is 2.52. The van der Waals surface area contributed by atoms with Crippen LogP contribution in [0.4, 0.5) is 0 Å². The van der Waals surface area contributed by atoms with Gasteiger partial charge in [-0.25, -0.2) is 0 Å². The molecule has 1 aliphatic heterocycles. The summed E-state index contributed by atoms with van der Waals surface area (Å²) in [6.45, 7) is 9.22. The third-order valence-electron chi connectivity index (χ3n) is 3.71. The Kier molecular flexibility index (Phi) is 5.31. The van der Waals surface area contributed by atoms with Crippen molar-refractivity contribution in [2.45, 2.75) is 38.1 Å². The van der Waals surface area contributed by atoms with E-state index in [1.807, 2.05) is 7.05 Å². The van der Waals surface area contributed by atoms with Crippen molar-refractivity contribution in [2.24, 2.45) is 0 Å². The third-order valence-corrected chi connectivity index (χ3v) is 5.08. The lowest BCUT2D eigenvalue weighted by Crippen LogP contribution is -2.26. The zero-order valence-corrected chi connectivity index (χ0v) is 13.2. The first-order chi connectivity index (χ1) is 9.09. The lowest BCUT2D eigenvalue weighted by molar-refractivity contribution is 0.276. The molecule has 0 aliphatic carbocycles. The van der Waals surface area contributed by atoms with E-state index in [1.165, 1.54) is 36.4 Å². The van der Waals surface area contributed by atoms with Gasteiger partial charge in [-0.1, -0.05) is 38.1 Å². The second-order valence-electron chi connectivity index (χ2n) is 5.98. The normalized spacial score (nSPS) is 20.2. The lowest BCUT2D eigenvalue weighted by Gasteiger charge is -2.22. The first-order valence-corrected chi connectivity index (χ1v) is 8.16. The van der Waals surface area contributed by atoms with E-state index in [2.05, 4.69) is 60.1 Å². The standard InChI is InChI=1S/C16H26N2S/c1-16(2)7-8-18(9-10-19-16)13-15-6-4-5-14(11-15)12-17-3/h4-6,11,17H,7-10,12-13H2,1-3H3. The molecule has 0 amide bonds. The summed E-state index contributed by atoms with van der Waals surface area (Å²) in [5, 5.41) is 3.22. The topological polar surface area (TPSA) is 15.3 Å². The summed E-state index contributed by atoms with van der Waals surface area (Å²) in [6.07, 6.45) is 1.29. The van der Waals surface area contributed by atoms with Crippen LogP contribution >= 0.6 is 11.8 Å². The summed E-state index contributed by atoms with van der Waals surface area (Å²) >= 11 is 2.12. The van der Waals surface area contributed by atoms with Crippen molar-refractivity contribution >= 4 is 11.8 Å². The maximum Gasteiger partial charge on any atom is 0.0234 e. The van der Waals surface area contributed by atoms with Crippen LogP contribution in [0, 0.1) is 0 Å². The zero-order chi connectivity index (χ0) is 13.7. The van der Waals surface area contributed by atoms with Gasteiger partial charge in [-0.2, -0.15) is 11.8 Å². The maximum atomic E-state index is 3.22. The molecule has 19 heavy (non-hydrogen) atoms. The highest BCUT2D eigenvalue weighted by molar-refractivity contribution is 8.00. The Balaban J connectivity index is 1.95. The van der Waals surface area contributed by atoms with Crippen molar-refractivity contribution in [3.8, 4) is 0 Å². The predicted molar refractivity (Wildman–Crippen MR) is 85.6 cm³/mol. The molecule has 2 rings (SSSR count). The molecule has 1 aliphatic rings. The zero-order valence-electron chi connectivity index (χ0n) is 12.4. The molecular weight excluding hydrogens is 252 g/mol. The number of nitrogens with one attached hydrogen (secondary N) is 1. The van der Waals surface area contributed by atoms with E-state index in [9.17, 15) is 0 Å². The number of thioether (sulfide) groups is 1. The Bertz CT molecular complexity index is 403. The van der Waals surface area contributed by atoms with Crippen LogP contribution in [0.5, 0.6) is 0 Å². The van der Waals surface area contributed by atoms with E-state index in [0.29, 0.717) is 4.75 Å². The van der Waals surface area contributed by atoms with Crippen LogP contribution in [0.2, 0.25) is 0 Å². The van der Waals surface area contributed by atoms with Gasteiger partial charge in [0.2, 0.25) is 0 Å². The molecule has 1 aromatic rings. The molecule has 0 unspecified atom stereocenters. The minimum atomic E-state index is 0.447. The van der Waals surface area contributed by atoms with Crippen molar-refractivity contribution in [3.05, 3.63) is 35.4 Å². The van der Waals surface area contributed by atoms with Gasteiger partial charge in [-0.05, 0) is 31.1 Å².